The summed E-state index contributed by atoms with van der Waals surface area (Å²) in [6.45, 7) is 4.61. The number of amides is 1. The number of pyridine rings is 1. The molecule has 1 atom stereocenters. The molecule has 1 saturated heterocycles. The Balaban J connectivity index is 1.55. The van der Waals surface area contributed by atoms with Crippen LogP contribution in [-0.4, -0.2) is 41.2 Å². The first-order valence-electron chi connectivity index (χ1n) is 11.0. The van der Waals surface area contributed by atoms with Gasteiger partial charge >= 0.3 is 0 Å². The van der Waals surface area contributed by atoms with Crippen molar-refractivity contribution in [3.63, 3.8) is 0 Å². The summed E-state index contributed by atoms with van der Waals surface area (Å²) in [5, 5.41) is 2.29. The zero-order chi connectivity index (χ0) is 23.9. The summed E-state index contributed by atoms with van der Waals surface area (Å²) >= 11 is 2.62. The van der Waals surface area contributed by atoms with E-state index in [9.17, 15) is 13.2 Å². The van der Waals surface area contributed by atoms with Gasteiger partial charge in [-0.25, -0.2) is 13.4 Å². The number of hydrogen-bond acceptors (Lipinski definition) is 7. The lowest BCUT2D eigenvalue weighted by molar-refractivity contribution is -0.121. The second-order valence-electron chi connectivity index (χ2n) is 8.38. The van der Waals surface area contributed by atoms with Gasteiger partial charge in [-0.1, -0.05) is 29.5 Å². The summed E-state index contributed by atoms with van der Waals surface area (Å²) in [4.78, 5) is 24.8. The van der Waals surface area contributed by atoms with Crippen LogP contribution in [0.4, 0.5) is 5.13 Å². The van der Waals surface area contributed by atoms with E-state index in [0.29, 0.717) is 30.2 Å². The standard InChI is InChI=1S/C24H24N4O3S3/c1-16-13-17(2)22-19(14-16)26-24(33-22)27(15-18-7-3-4-10-25-18)23(29)20-8-5-11-28(20)34(30,31)21-9-6-12-32-21/h3-4,6-7,9-10,12-14,20H,5,8,11,15H2,1-2H3. The molecule has 0 N–H and O–H groups in total. The quantitative estimate of drug-likeness (QED) is 0.372. The van der Waals surface area contributed by atoms with Crippen LogP contribution in [0.25, 0.3) is 10.2 Å². The summed E-state index contributed by atoms with van der Waals surface area (Å²) < 4.78 is 29.2. The highest BCUT2D eigenvalue weighted by atomic mass is 32.2. The zero-order valence-electron chi connectivity index (χ0n) is 18.8. The van der Waals surface area contributed by atoms with Crippen molar-refractivity contribution in [2.45, 2.75) is 43.5 Å². The van der Waals surface area contributed by atoms with E-state index in [4.69, 9.17) is 4.98 Å². The Kier molecular flexibility index (Phi) is 6.24. The third-order valence-corrected chi connectivity index (χ3v) is 10.4. The molecule has 4 heterocycles. The molecule has 10 heteroatoms. The zero-order valence-corrected chi connectivity index (χ0v) is 21.3. The topological polar surface area (TPSA) is 83.5 Å². The predicted molar refractivity (Wildman–Crippen MR) is 136 cm³/mol. The lowest BCUT2D eigenvalue weighted by atomic mass is 10.1. The van der Waals surface area contributed by atoms with Gasteiger partial charge in [0.1, 0.15) is 10.3 Å². The molecule has 1 aromatic carbocycles. The molecule has 4 aromatic rings. The number of carbonyl (C=O) groups is 1. The second-order valence-corrected chi connectivity index (χ2v) is 12.4. The van der Waals surface area contributed by atoms with E-state index in [0.717, 1.165) is 21.3 Å². The normalized spacial score (nSPS) is 16.8. The van der Waals surface area contributed by atoms with Crippen LogP contribution < -0.4 is 4.90 Å². The van der Waals surface area contributed by atoms with Gasteiger partial charge in [-0.05, 0) is 67.5 Å². The predicted octanol–water partition coefficient (Wildman–Crippen LogP) is 4.76. The van der Waals surface area contributed by atoms with Gasteiger partial charge in [0, 0.05) is 12.7 Å². The second kappa shape index (κ2) is 9.18. The van der Waals surface area contributed by atoms with Gasteiger partial charge in [0.2, 0.25) is 5.91 Å². The molecule has 1 fully saturated rings. The molecule has 0 saturated carbocycles. The van der Waals surface area contributed by atoms with Crippen LogP contribution in [0.1, 0.15) is 29.7 Å². The summed E-state index contributed by atoms with van der Waals surface area (Å²) in [6, 6.07) is 12.2. The molecular weight excluding hydrogens is 488 g/mol. The minimum absolute atomic E-state index is 0.223. The maximum absolute atomic E-state index is 14.0. The Morgan fingerprint density at radius 2 is 2.06 bits per heavy atom. The number of sulfonamides is 1. The van der Waals surface area contributed by atoms with Gasteiger partial charge < -0.3 is 0 Å². The number of rotatable bonds is 6. The summed E-state index contributed by atoms with van der Waals surface area (Å²) in [5.74, 6) is -0.267. The monoisotopic (exact) mass is 512 g/mol. The first-order valence-corrected chi connectivity index (χ1v) is 14.1. The van der Waals surface area contributed by atoms with E-state index >= 15 is 0 Å². The maximum atomic E-state index is 14.0. The van der Waals surface area contributed by atoms with Crippen LogP contribution >= 0.6 is 22.7 Å². The maximum Gasteiger partial charge on any atom is 0.253 e. The van der Waals surface area contributed by atoms with Gasteiger partial charge in [-0.2, -0.15) is 4.31 Å². The number of benzene rings is 1. The molecule has 176 valence electrons. The highest BCUT2D eigenvalue weighted by Crippen LogP contribution is 2.35. The van der Waals surface area contributed by atoms with Crippen LogP contribution in [0.5, 0.6) is 0 Å². The molecule has 7 nitrogen and oxygen atoms in total. The third-order valence-electron chi connectivity index (χ3n) is 5.90. The van der Waals surface area contributed by atoms with Crippen molar-refractivity contribution in [2.24, 2.45) is 0 Å². The minimum atomic E-state index is -3.74. The van der Waals surface area contributed by atoms with Gasteiger partial charge in [-0.3, -0.25) is 14.7 Å². The highest BCUT2D eigenvalue weighted by Gasteiger charge is 2.42. The fourth-order valence-corrected chi connectivity index (χ4v) is 8.14. The molecule has 1 aliphatic rings. The first kappa shape index (κ1) is 23.1. The van der Waals surface area contributed by atoms with E-state index in [1.165, 1.54) is 27.0 Å². The molecular formula is C24H24N4O3S3. The average Bonchev–Trinajstić information content (AvgIpc) is 3.58. The molecule has 1 aliphatic heterocycles. The molecule has 0 bridgehead atoms. The SMILES string of the molecule is Cc1cc(C)c2sc(N(Cc3ccccn3)C(=O)C3CCCN3S(=O)(=O)c3cccs3)nc2c1. The van der Waals surface area contributed by atoms with Crippen molar-refractivity contribution >= 4 is 54.0 Å². The van der Waals surface area contributed by atoms with Crippen LogP contribution in [0.3, 0.4) is 0 Å². The molecule has 0 aliphatic carbocycles. The Bertz CT molecular complexity index is 1430. The molecule has 5 rings (SSSR count). The number of thiazole rings is 1. The van der Waals surface area contributed by atoms with Crippen molar-refractivity contribution in [3.05, 3.63) is 70.9 Å². The van der Waals surface area contributed by atoms with Crippen LogP contribution in [0.2, 0.25) is 0 Å². The third kappa shape index (κ3) is 4.26. The number of carbonyl (C=O) groups excluding carboxylic acids is 1. The average molecular weight is 513 g/mol. The smallest absolute Gasteiger partial charge is 0.253 e. The highest BCUT2D eigenvalue weighted by molar-refractivity contribution is 7.91. The van der Waals surface area contributed by atoms with Gasteiger partial charge in [0.25, 0.3) is 10.0 Å². The number of anilines is 1. The number of nitrogens with zero attached hydrogens (tertiary/aromatic N) is 4. The Morgan fingerprint density at radius 3 is 2.79 bits per heavy atom. The van der Waals surface area contributed by atoms with Crippen LogP contribution in [0, 0.1) is 13.8 Å². The fraction of sp³-hybridized carbons (Fsp3) is 0.292. The number of hydrogen-bond donors (Lipinski definition) is 0. The van der Waals surface area contributed by atoms with Crippen molar-refractivity contribution in [1.82, 2.24) is 14.3 Å². The van der Waals surface area contributed by atoms with Crippen molar-refractivity contribution in [2.75, 3.05) is 11.4 Å². The molecule has 0 spiro atoms. The van der Waals surface area contributed by atoms with E-state index in [1.807, 2.05) is 38.1 Å². The largest absolute Gasteiger partial charge is 0.281 e. The van der Waals surface area contributed by atoms with Crippen molar-refractivity contribution in [3.8, 4) is 0 Å². The Morgan fingerprint density at radius 1 is 1.21 bits per heavy atom. The fourth-order valence-electron chi connectivity index (χ4n) is 4.35. The summed E-state index contributed by atoms with van der Waals surface area (Å²) in [7, 11) is -3.74. The van der Waals surface area contributed by atoms with E-state index in [2.05, 4.69) is 11.1 Å². The van der Waals surface area contributed by atoms with Crippen molar-refractivity contribution < 1.29 is 13.2 Å². The van der Waals surface area contributed by atoms with Gasteiger partial charge in [0.15, 0.2) is 5.13 Å². The number of thiophene rings is 1. The lowest BCUT2D eigenvalue weighted by Crippen LogP contribution is -2.47. The Labute approximate surface area is 206 Å². The minimum Gasteiger partial charge on any atom is -0.281 e. The van der Waals surface area contributed by atoms with E-state index in [-0.39, 0.29) is 16.7 Å². The van der Waals surface area contributed by atoms with Gasteiger partial charge in [0.05, 0.1) is 22.5 Å². The molecule has 0 radical (unpaired) electrons. The molecule has 1 amide bonds. The Hall–Kier alpha value is -2.66. The van der Waals surface area contributed by atoms with Crippen LogP contribution in [-0.2, 0) is 21.4 Å². The molecule has 34 heavy (non-hydrogen) atoms. The van der Waals surface area contributed by atoms with Crippen molar-refractivity contribution in [1.29, 1.82) is 0 Å². The van der Waals surface area contributed by atoms with E-state index in [1.54, 1.807) is 28.6 Å². The van der Waals surface area contributed by atoms with Crippen LogP contribution in [0.15, 0.2) is 58.3 Å². The van der Waals surface area contributed by atoms with E-state index < -0.39 is 16.1 Å². The lowest BCUT2D eigenvalue weighted by Gasteiger charge is -2.28. The summed E-state index contributed by atoms with van der Waals surface area (Å²) in [6.07, 6.45) is 2.80. The summed E-state index contributed by atoms with van der Waals surface area (Å²) in [5.41, 5.74) is 3.76. The number of fused-ring (bicyclic) bond motifs is 1. The number of aryl methyl sites for hydroxylation is 2. The molecule has 1 unspecified atom stereocenters. The molecule has 3 aromatic heterocycles. The van der Waals surface area contributed by atoms with Gasteiger partial charge in [-0.15, -0.1) is 11.3 Å². The first-order chi connectivity index (χ1) is 16.3. The number of aromatic nitrogens is 2.